The lowest BCUT2D eigenvalue weighted by molar-refractivity contribution is -0.139. The fourth-order valence-electron chi connectivity index (χ4n) is 3.97. The maximum atomic E-state index is 12.7. The summed E-state index contributed by atoms with van der Waals surface area (Å²) in [5.41, 5.74) is 1.85. The maximum absolute atomic E-state index is 12.7. The number of amides is 1. The SMILES string of the molecule is N#Cc1cc2c(cc1Oc1ccc(C(=O)Nc3ccc4ccccc4n3)cc1)OCCC2C(=O)O. The molecule has 0 spiro atoms. The van der Waals surface area contributed by atoms with Crippen molar-refractivity contribution in [1.29, 1.82) is 5.26 Å². The second-order valence-electron chi connectivity index (χ2n) is 8.00. The lowest BCUT2D eigenvalue weighted by atomic mass is 9.91. The number of ether oxygens (including phenoxy) is 2. The smallest absolute Gasteiger partial charge is 0.311 e. The van der Waals surface area contributed by atoms with Crippen molar-refractivity contribution in [3.8, 4) is 23.3 Å². The molecule has 2 N–H and O–H groups in total. The van der Waals surface area contributed by atoms with Crippen molar-refractivity contribution in [3.05, 3.63) is 89.5 Å². The average molecular weight is 465 g/mol. The number of hydrogen-bond acceptors (Lipinski definition) is 6. The van der Waals surface area contributed by atoms with Crippen molar-refractivity contribution in [3.63, 3.8) is 0 Å². The molecule has 8 nitrogen and oxygen atoms in total. The van der Waals surface area contributed by atoms with Crippen LogP contribution < -0.4 is 14.8 Å². The number of nitrogens with one attached hydrogen (secondary N) is 1. The minimum absolute atomic E-state index is 0.199. The molecule has 5 rings (SSSR count). The van der Waals surface area contributed by atoms with Gasteiger partial charge in [0.15, 0.2) is 0 Å². The molecule has 0 fully saturated rings. The van der Waals surface area contributed by atoms with Gasteiger partial charge in [-0.25, -0.2) is 4.98 Å². The zero-order chi connectivity index (χ0) is 24.4. The Labute approximate surface area is 200 Å². The van der Waals surface area contributed by atoms with Gasteiger partial charge in [-0.1, -0.05) is 18.2 Å². The number of pyridine rings is 1. The fourth-order valence-corrected chi connectivity index (χ4v) is 3.97. The van der Waals surface area contributed by atoms with Gasteiger partial charge in [0.05, 0.1) is 23.6 Å². The molecule has 1 aliphatic heterocycles. The fraction of sp³-hybridized carbons (Fsp3) is 0.111. The second kappa shape index (κ2) is 9.15. The number of fused-ring (bicyclic) bond motifs is 2. The third kappa shape index (κ3) is 4.48. The van der Waals surface area contributed by atoms with E-state index in [1.165, 1.54) is 12.1 Å². The van der Waals surface area contributed by atoms with Crippen LogP contribution in [0.15, 0.2) is 72.8 Å². The van der Waals surface area contributed by atoms with Crippen molar-refractivity contribution in [2.45, 2.75) is 12.3 Å². The number of hydrogen-bond donors (Lipinski definition) is 2. The van der Waals surface area contributed by atoms with E-state index in [2.05, 4.69) is 16.4 Å². The quantitative estimate of drug-likeness (QED) is 0.420. The highest BCUT2D eigenvalue weighted by molar-refractivity contribution is 6.04. The van der Waals surface area contributed by atoms with Crippen LogP contribution in [-0.4, -0.2) is 28.6 Å². The van der Waals surface area contributed by atoms with Crippen LogP contribution in [0.3, 0.4) is 0 Å². The molecule has 8 heteroatoms. The van der Waals surface area contributed by atoms with Crippen molar-refractivity contribution in [2.24, 2.45) is 0 Å². The second-order valence-corrected chi connectivity index (χ2v) is 8.00. The van der Waals surface area contributed by atoms with Crippen LogP contribution in [0, 0.1) is 11.3 Å². The Kier molecular flexibility index (Phi) is 5.73. The number of benzene rings is 3. The van der Waals surface area contributed by atoms with E-state index >= 15 is 0 Å². The van der Waals surface area contributed by atoms with Crippen LogP contribution in [0.25, 0.3) is 10.9 Å². The number of nitrogens with zero attached hydrogens (tertiary/aromatic N) is 2. The molecule has 4 aromatic rings. The summed E-state index contributed by atoms with van der Waals surface area (Å²) in [5, 5.41) is 22.8. The number of aromatic nitrogens is 1. The molecule has 0 bridgehead atoms. The summed E-state index contributed by atoms with van der Waals surface area (Å²) >= 11 is 0. The largest absolute Gasteiger partial charge is 0.493 e. The average Bonchev–Trinajstić information content (AvgIpc) is 2.88. The lowest BCUT2D eigenvalue weighted by Crippen LogP contribution is -2.21. The first-order chi connectivity index (χ1) is 17.0. The Morgan fingerprint density at radius 2 is 1.89 bits per heavy atom. The molecule has 1 unspecified atom stereocenters. The van der Waals surface area contributed by atoms with Gasteiger partial charge in [-0.05, 0) is 55.0 Å². The van der Waals surface area contributed by atoms with E-state index in [0.29, 0.717) is 34.9 Å². The van der Waals surface area contributed by atoms with Crippen molar-refractivity contribution in [1.82, 2.24) is 4.98 Å². The lowest BCUT2D eigenvalue weighted by Gasteiger charge is -2.24. The molecule has 3 aromatic carbocycles. The zero-order valence-corrected chi connectivity index (χ0v) is 18.4. The third-order valence-corrected chi connectivity index (χ3v) is 5.75. The number of aliphatic carboxylic acids is 1. The molecule has 0 radical (unpaired) electrons. The highest BCUT2D eigenvalue weighted by Gasteiger charge is 2.29. The van der Waals surface area contributed by atoms with Crippen LogP contribution in [-0.2, 0) is 4.79 Å². The van der Waals surface area contributed by atoms with Crippen LogP contribution in [0.4, 0.5) is 5.82 Å². The number of anilines is 1. The van der Waals surface area contributed by atoms with E-state index in [-0.39, 0.29) is 23.8 Å². The number of para-hydroxylation sites is 1. The molecule has 1 aliphatic rings. The molecule has 172 valence electrons. The van der Waals surface area contributed by atoms with Crippen LogP contribution in [0.5, 0.6) is 17.2 Å². The first-order valence-corrected chi connectivity index (χ1v) is 10.9. The topological polar surface area (TPSA) is 122 Å². The normalized spacial score (nSPS) is 14.3. The van der Waals surface area contributed by atoms with E-state index in [1.807, 2.05) is 30.3 Å². The Hall–Kier alpha value is -4.90. The van der Waals surface area contributed by atoms with Crippen LogP contribution in [0.2, 0.25) is 0 Å². The number of carboxylic acid groups (broad SMARTS) is 1. The van der Waals surface area contributed by atoms with Gasteiger partial charge >= 0.3 is 5.97 Å². The number of carboxylic acids is 1. The molecule has 0 saturated carbocycles. The standard InChI is InChI=1S/C27H19N3O5/c28-15-18-13-21-20(27(32)33)11-12-34-24(21)14-23(18)35-19-8-5-17(6-9-19)26(31)30-25-10-7-16-3-1-2-4-22(16)29-25/h1-10,13-14,20H,11-12H2,(H,32,33)(H,29,30,31). The van der Waals surface area contributed by atoms with E-state index in [4.69, 9.17) is 9.47 Å². The molecule has 0 saturated heterocycles. The maximum Gasteiger partial charge on any atom is 0.311 e. The summed E-state index contributed by atoms with van der Waals surface area (Å²) in [7, 11) is 0. The number of carbonyl (C=O) groups excluding carboxylic acids is 1. The van der Waals surface area contributed by atoms with Gasteiger partial charge in [0.25, 0.3) is 5.91 Å². The Morgan fingerprint density at radius 3 is 2.66 bits per heavy atom. The summed E-state index contributed by atoms with van der Waals surface area (Å²) < 4.78 is 11.5. The summed E-state index contributed by atoms with van der Waals surface area (Å²) in [6.45, 7) is 0.269. The van der Waals surface area contributed by atoms with Gasteiger partial charge in [-0.15, -0.1) is 0 Å². The van der Waals surface area contributed by atoms with Gasteiger partial charge in [0.2, 0.25) is 0 Å². The predicted molar refractivity (Wildman–Crippen MR) is 128 cm³/mol. The predicted octanol–water partition coefficient (Wildman–Crippen LogP) is 5.10. The first kappa shape index (κ1) is 21.9. The monoisotopic (exact) mass is 465 g/mol. The molecule has 0 aliphatic carbocycles. The van der Waals surface area contributed by atoms with Crippen molar-refractivity contribution >= 4 is 28.6 Å². The van der Waals surface area contributed by atoms with Gasteiger partial charge < -0.3 is 19.9 Å². The molecule has 1 atom stereocenters. The van der Waals surface area contributed by atoms with Crippen molar-refractivity contribution < 1.29 is 24.2 Å². The Balaban J connectivity index is 1.33. The molecular formula is C27H19N3O5. The van der Waals surface area contributed by atoms with Gasteiger partial charge in [-0.2, -0.15) is 5.26 Å². The number of rotatable bonds is 5. The molecule has 35 heavy (non-hydrogen) atoms. The summed E-state index contributed by atoms with van der Waals surface area (Å²) in [4.78, 5) is 28.7. The minimum Gasteiger partial charge on any atom is -0.493 e. The van der Waals surface area contributed by atoms with Crippen LogP contribution >= 0.6 is 0 Å². The van der Waals surface area contributed by atoms with Crippen molar-refractivity contribution in [2.75, 3.05) is 11.9 Å². The highest BCUT2D eigenvalue weighted by Crippen LogP contribution is 2.39. The number of nitriles is 1. The van der Waals surface area contributed by atoms with Gasteiger partial charge in [-0.3, -0.25) is 9.59 Å². The van der Waals surface area contributed by atoms with Gasteiger partial charge in [0, 0.05) is 22.6 Å². The summed E-state index contributed by atoms with van der Waals surface area (Å²) in [5.74, 6) is -0.520. The summed E-state index contributed by atoms with van der Waals surface area (Å²) in [6.07, 6.45) is 0.339. The van der Waals surface area contributed by atoms with Crippen LogP contribution in [0.1, 0.15) is 33.8 Å². The molecule has 2 heterocycles. The van der Waals surface area contributed by atoms with Gasteiger partial charge in [0.1, 0.15) is 29.1 Å². The van der Waals surface area contributed by atoms with E-state index < -0.39 is 11.9 Å². The minimum atomic E-state index is -0.958. The van der Waals surface area contributed by atoms with E-state index in [1.54, 1.807) is 30.3 Å². The third-order valence-electron chi connectivity index (χ3n) is 5.75. The molecule has 1 aromatic heterocycles. The van der Waals surface area contributed by atoms with E-state index in [9.17, 15) is 20.0 Å². The first-order valence-electron chi connectivity index (χ1n) is 10.9. The van der Waals surface area contributed by atoms with E-state index in [0.717, 1.165) is 10.9 Å². The number of carbonyl (C=O) groups is 2. The Bertz CT molecular complexity index is 1490. The molecule has 1 amide bonds. The Morgan fingerprint density at radius 1 is 1.09 bits per heavy atom. The summed E-state index contributed by atoms with van der Waals surface area (Å²) in [6, 6.07) is 22.8. The molecular weight excluding hydrogens is 446 g/mol. The zero-order valence-electron chi connectivity index (χ0n) is 18.4. The highest BCUT2D eigenvalue weighted by atomic mass is 16.5.